The summed E-state index contributed by atoms with van der Waals surface area (Å²) in [6.07, 6.45) is 0. The molecule has 0 aliphatic heterocycles. The van der Waals surface area contributed by atoms with Gasteiger partial charge in [0.15, 0.2) is 0 Å². The van der Waals surface area contributed by atoms with Crippen molar-refractivity contribution in [3.8, 4) is 0 Å². The Bertz CT molecular complexity index is 331. The molecule has 0 amide bonds. The molecular weight excluding hydrogens is 237 g/mol. The fraction of sp³-hybridized carbons (Fsp3) is 0.333. The first-order valence-corrected chi connectivity index (χ1v) is 6.02. The van der Waals surface area contributed by atoms with Crippen molar-refractivity contribution in [1.29, 1.82) is 0 Å². The van der Waals surface area contributed by atoms with Gasteiger partial charge in [-0.2, -0.15) is 10.4 Å². The highest BCUT2D eigenvalue weighted by Gasteiger charge is 2.22. The summed E-state index contributed by atoms with van der Waals surface area (Å²) in [7, 11) is -2.25. The van der Waals surface area contributed by atoms with Crippen LogP contribution >= 0.6 is 19.6 Å². The number of halogens is 1. The summed E-state index contributed by atoms with van der Waals surface area (Å²) in [6.45, 7) is 1.89. The molecule has 2 unspecified atom stereocenters. The van der Waals surface area contributed by atoms with Crippen molar-refractivity contribution in [3.63, 3.8) is 0 Å². The summed E-state index contributed by atoms with van der Waals surface area (Å²) in [6, 6.07) is 7.17. The number of nitrogens with one attached hydrogen (secondary N) is 1. The molecule has 0 aromatic heterocycles. The van der Waals surface area contributed by atoms with Crippen LogP contribution in [0, 0.1) is 0 Å². The predicted molar refractivity (Wildman–Crippen MR) is 58.7 cm³/mol. The normalized spacial score (nSPS) is 13.7. The summed E-state index contributed by atoms with van der Waals surface area (Å²) in [5.41, 5.74) is 3.42. The smallest absolute Gasteiger partial charge is 0.293 e. The van der Waals surface area contributed by atoms with Gasteiger partial charge < -0.3 is 0 Å². The lowest BCUT2D eigenvalue weighted by molar-refractivity contribution is 0.0218. The third kappa shape index (κ3) is 4.69. The van der Waals surface area contributed by atoms with Gasteiger partial charge in [0, 0.05) is 11.9 Å². The van der Waals surface area contributed by atoms with Crippen LogP contribution in [0.2, 0.25) is 5.02 Å². The van der Waals surface area contributed by atoms with Crippen molar-refractivity contribution >= 4 is 19.6 Å². The molecule has 1 rings (SSSR count). The second-order valence-corrected chi connectivity index (χ2v) is 4.83. The van der Waals surface area contributed by atoms with E-state index >= 15 is 0 Å². The zero-order chi connectivity index (χ0) is 11.3. The lowest BCUT2D eigenvalue weighted by Crippen LogP contribution is -2.22. The Labute approximate surface area is 94.0 Å². The summed E-state index contributed by atoms with van der Waals surface area (Å²) in [4.78, 5) is 13.7. The molecule has 0 saturated heterocycles. The fourth-order valence-corrected chi connectivity index (χ4v) is 1.16. The first-order valence-electron chi connectivity index (χ1n) is 4.36. The van der Waals surface area contributed by atoms with Gasteiger partial charge in [-0.05, 0) is 22.3 Å². The van der Waals surface area contributed by atoms with Gasteiger partial charge in [-0.1, -0.05) is 23.7 Å². The molecule has 0 saturated carbocycles. The first-order chi connectivity index (χ1) is 7.09. The summed E-state index contributed by atoms with van der Waals surface area (Å²) in [5.74, 6) is -0.577. The Morgan fingerprint density at radius 1 is 1.53 bits per heavy atom. The van der Waals surface area contributed by atoms with Crippen molar-refractivity contribution in [2.75, 3.05) is 0 Å². The van der Waals surface area contributed by atoms with E-state index in [-0.39, 0.29) is 0 Å². The highest BCUT2D eigenvalue weighted by molar-refractivity contribution is 7.38. The average Bonchev–Trinajstić information content (AvgIpc) is 2.20. The molecule has 0 aliphatic rings. The minimum Gasteiger partial charge on any atom is -0.293 e. The highest BCUT2D eigenvalue weighted by atomic mass is 35.5. The predicted octanol–water partition coefficient (Wildman–Crippen LogP) is 2.44. The number of rotatable bonds is 5. The molecule has 1 aromatic carbocycles. The van der Waals surface area contributed by atoms with Gasteiger partial charge in [-0.25, -0.2) is 0 Å². The molecule has 0 radical (unpaired) electrons. The van der Waals surface area contributed by atoms with E-state index in [1.807, 2.05) is 12.1 Å². The number of hydrogen-bond acceptors (Lipinski definition) is 3. The second kappa shape index (κ2) is 6.16. The molecule has 0 aliphatic carbocycles. The van der Waals surface area contributed by atoms with E-state index < -0.39 is 13.8 Å². The molecular formula is C9H12ClNO3P+. The minimum absolute atomic E-state index is 0.324. The average molecular weight is 249 g/mol. The number of hydrogen-bond donors (Lipinski definition) is 2. The standard InChI is InChI=1S/C9H11ClNO3P/c1-7(15(12)13)11-14-6-8-2-4-9(10)5-3-8/h2-5,7,11H,6H2,1H3/p+1. The van der Waals surface area contributed by atoms with E-state index in [0.29, 0.717) is 11.6 Å². The molecule has 2 N–H and O–H groups in total. The monoisotopic (exact) mass is 248 g/mol. The van der Waals surface area contributed by atoms with Gasteiger partial charge in [0.2, 0.25) is 0 Å². The van der Waals surface area contributed by atoms with Crippen LogP contribution in [0.4, 0.5) is 0 Å². The van der Waals surface area contributed by atoms with E-state index in [1.54, 1.807) is 19.1 Å². The van der Waals surface area contributed by atoms with Gasteiger partial charge in [0.05, 0.1) is 6.61 Å². The lowest BCUT2D eigenvalue weighted by Gasteiger charge is -2.04. The molecule has 2 atom stereocenters. The van der Waals surface area contributed by atoms with Crippen molar-refractivity contribution in [2.45, 2.75) is 19.3 Å². The Morgan fingerprint density at radius 3 is 2.67 bits per heavy atom. The van der Waals surface area contributed by atoms with Gasteiger partial charge >= 0.3 is 8.03 Å². The Morgan fingerprint density at radius 2 is 2.13 bits per heavy atom. The SMILES string of the molecule is CC(NOCc1ccc(Cl)cc1)[P+](=O)O. The third-order valence-electron chi connectivity index (χ3n) is 1.74. The largest absolute Gasteiger partial charge is 0.526 e. The molecule has 0 bridgehead atoms. The van der Waals surface area contributed by atoms with Crippen LogP contribution in [-0.4, -0.2) is 10.7 Å². The van der Waals surface area contributed by atoms with E-state index in [2.05, 4.69) is 5.48 Å². The fourth-order valence-electron chi connectivity index (χ4n) is 0.871. The molecule has 15 heavy (non-hydrogen) atoms. The van der Waals surface area contributed by atoms with E-state index in [4.69, 9.17) is 21.3 Å². The third-order valence-corrected chi connectivity index (χ3v) is 2.76. The minimum atomic E-state index is -2.25. The topological polar surface area (TPSA) is 58.6 Å². The number of benzene rings is 1. The Hall–Kier alpha value is -0.510. The molecule has 0 heterocycles. The van der Waals surface area contributed by atoms with Crippen LogP contribution in [0.3, 0.4) is 0 Å². The molecule has 6 heteroatoms. The maximum absolute atomic E-state index is 10.6. The van der Waals surface area contributed by atoms with Gasteiger partial charge in [-0.15, -0.1) is 0 Å². The summed E-state index contributed by atoms with van der Waals surface area (Å²) >= 11 is 5.71. The maximum atomic E-state index is 10.6. The zero-order valence-corrected chi connectivity index (χ0v) is 9.83. The van der Waals surface area contributed by atoms with Crippen LogP contribution < -0.4 is 5.48 Å². The second-order valence-electron chi connectivity index (χ2n) is 3.01. The van der Waals surface area contributed by atoms with Crippen LogP contribution in [0.1, 0.15) is 12.5 Å². The van der Waals surface area contributed by atoms with E-state index in [1.165, 1.54) is 0 Å². The van der Waals surface area contributed by atoms with Crippen molar-refractivity contribution in [1.82, 2.24) is 5.48 Å². The molecule has 4 nitrogen and oxygen atoms in total. The van der Waals surface area contributed by atoms with Crippen molar-refractivity contribution in [2.24, 2.45) is 0 Å². The molecule has 0 fully saturated rings. The first kappa shape index (κ1) is 12.6. The molecule has 82 valence electrons. The highest BCUT2D eigenvalue weighted by Crippen LogP contribution is 2.18. The lowest BCUT2D eigenvalue weighted by atomic mass is 10.2. The molecule has 0 spiro atoms. The zero-order valence-electron chi connectivity index (χ0n) is 8.18. The van der Waals surface area contributed by atoms with E-state index in [0.717, 1.165) is 5.56 Å². The number of hydroxylamine groups is 1. The quantitative estimate of drug-likeness (QED) is 0.621. The van der Waals surface area contributed by atoms with Gasteiger partial charge in [0.1, 0.15) is 0 Å². The van der Waals surface area contributed by atoms with Crippen LogP contribution in [0.15, 0.2) is 24.3 Å². The maximum Gasteiger partial charge on any atom is 0.526 e. The van der Waals surface area contributed by atoms with E-state index in [9.17, 15) is 4.57 Å². The van der Waals surface area contributed by atoms with Gasteiger partial charge in [0.25, 0.3) is 5.78 Å². The van der Waals surface area contributed by atoms with Crippen LogP contribution in [0.25, 0.3) is 0 Å². The Balaban J connectivity index is 2.32. The Kier molecular flexibility index (Phi) is 5.15. The molecule has 1 aromatic rings. The summed E-state index contributed by atoms with van der Waals surface area (Å²) in [5, 5.41) is 0.665. The van der Waals surface area contributed by atoms with Crippen molar-refractivity contribution in [3.05, 3.63) is 34.9 Å². The van der Waals surface area contributed by atoms with Crippen molar-refractivity contribution < 1.29 is 14.3 Å². The van der Waals surface area contributed by atoms with Crippen LogP contribution in [-0.2, 0) is 16.0 Å². The van der Waals surface area contributed by atoms with Crippen LogP contribution in [0.5, 0.6) is 0 Å². The summed E-state index contributed by atoms with van der Waals surface area (Å²) < 4.78 is 10.6. The van der Waals surface area contributed by atoms with Gasteiger partial charge in [-0.3, -0.25) is 4.84 Å².